The van der Waals surface area contributed by atoms with Gasteiger partial charge in [-0.05, 0) is 37.1 Å². The Labute approximate surface area is 105 Å². The van der Waals surface area contributed by atoms with Gasteiger partial charge in [-0.25, -0.2) is 13.2 Å². The molecule has 0 saturated carbocycles. The summed E-state index contributed by atoms with van der Waals surface area (Å²) in [6.07, 6.45) is 0.739. The second-order valence-corrected chi connectivity index (χ2v) is 4.32. The lowest BCUT2D eigenvalue weighted by Crippen LogP contribution is -2.25. The summed E-state index contributed by atoms with van der Waals surface area (Å²) in [4.78, 5) is 0. The first kappa shape index (κ1) is 15.0. The molecule has 0 heterocycles. The molecule has 0 radical (unpaired) electrons. The first-order chi connectivity index (χ1) is 8.51. The SMILES string of the molecule is CNC(c1cc(F)c(F)c(F)c1)C(C)CCOC. The Morgan fingerprint density at radius 2 is 1.78 bits per heavy atom. The van der Waals surface area contributed by atoms with E-state index < -0.39 is 17.5 Å². The van der Waals surface area contributed by atoms with Gasteiger partial charge in [0.15, 0.2) is 17.5 Å². The average Bonchev–Trinajstić information content (AvgIpc) is 2.34. The van der Waals surface area contributed by atoms with Gasteiger partial charge in [0.25, 0.3) is 0 Å². The molecule has 2 unspecified atom stereocenters. The highest BCUT2D eigenvalue weighted by Gasteiger charge is 2.21. The standard InChI is InChI=1S/C13H18F3NO/c1-8(4-5-18-3)13(17-2)9-6-10(14)12(16)11(15)7-9/h6-8,13,17H,4-5H2,1-3H3. The molecule has 2 nitrogen and oxygen atoms in total. The maximum absolute atomic E-state index is 13.2. The molecule has 0 aromatic heterocycles. The second kappa shape index (κ2) is 6.75. The minimum Gasteiger partial charge on any atom is -0.385 e. The van der Waals surface area contributed by atoms with Crippen molar-refractivity contribution in [3.8, 4) is 0 Å². The van der Waals surface area contributed by atoms with Crippen molar-refractivity contribution >= 4 is 0 Å². The summed E-state index contributed by atoms with van der Waals surface area (Å²) < 4.78 is 44.2. The van der Waals surface area contributed by atoms with Gasteiger partial charge >= 0.3 is 0 Å². The smallest absolute Gasteiger partial charge is 0.194 e. The molecular weight excluding hydrogens is 243 g/mol. The molecule has 0 aliphatic rings. The van der Waals surface area contributed by atoms with Crippen molar-refractivity contribution in [2.24, 2.45) is 5.92 Å². The molecule has 1 aromatic carbocycles. The summed E-state index contributed by atoms with van der Waals surface area (Å²) in [6, 6.07) is 1.82. The lowest BCUT2D eigenvalue weighted by Gasteiger charge is -2.24. The van der Waals surface area contributed by atoms with Gasteiger partial charge in [0.05, 0.1) is 0 Å². The van der Waals surface area contributed by atoms with Crippen LogP contribution in [0.2, 0.25) is 0 Å². The number of hydrogen-bond donors (Lipinski definition) is 1. The quantitative estimate of drug-likeness (QED) is 0.795. The molecule has 0 aliphatic heterocycles. The Hall–Kier alpha value is -1.07. The summed E-state index contributed by atoms with van der Waals surface area (Å²) in [5.74, 6) is -3.65. The predicted molar refractivity (Wildman–Crippen MR) is 63.8 cm³/mol. The fourth-order valence-electron chi connectivity index (χ4n) is 2.00. The number of rotatable bonds is 6. The third kappa shape index (κ3) is 3.46. The van der Waals surface area contributed by atoms with Crippen LogP contribution in [0.15, 0.2) is 12.1 Å². The van der Waals surface area contributed by atoms with Crippen LogP contribution in [0.25, 0.3) is 0 Å². The van der Waals surface area contributed by atoms with Crippen LogP contribution >= 0.6 is 0 Å². The highest BCUT2D eigenvalue weighted by molar-refractivity contribution is 5.23. The maximum Gasteiger partial charge on any atom is 0.194 e. The number of ether oxygens (including phenoxy) is 1. The first-order valence-corrected chi connectivity index (χ1v) is 5.81. The minimum atomic E-state index is -1.43. The Kier molecular flexibility index (Phi) is 5.62. The van der Waals surface area contributed by atoms with E-state index in [1.807, 2.05) is 6.92 Å². The zero-order chi connectivity index (χ0) is 13.7. The minimum absolute atomic E-state index is 0.110. The van der Waals surface area contributed by atoms with Crippen molar-refractivity contribution in [1.82, 2.24) is 5.32 Å². The molecule has 2 atom stereocenters. The summed E-state index contributed by atoms with van der Waals surface area (Å²) in [5.41, 5.74) is 0.400. The van der Waals surface area contributed by atoms with Crippen LogP contribution in [0.3, 0.4) is 0 Å². The van der Waals surface area contributed by atoms with E-state index in [0.29, 0.717) is 12.2 Å². The molecule has 102 valence electrons. The van der Waals surface area contributed by atoms with E-state index in [1.54, 1.807) is 14.2 Å². The third-order valence-electron chi connectivity index (χ3n) is 3.02. The van der Waals surface area contributed by atoms with E-state index in [1.165, 1.54) is 0 Å². The van der Waals surface area contributed by atoms with E-state index in [-0.39, 0.29) is 12.0 Å². The van der Waals surface area contributed by atoms with E-state index in [9.17, 15) is 13.2 Å². The molecule has 0 amide bonds. The zero-order valence-electron chi connectivity index (χ0n) is 10.8. The van der Waals surface area contributed by atoms with Gasteiger partial charge in [0.1, 0.15) is 0 Å². The zero-order valence-corrected chi connectivity index (χ0v) is 10.8. The maximum atomic E-state index is 13.2. The highest BCUT2D eigenvalue weighted by atomic mass is 19.2. The molecule has 5 heteroatoms. The Morgan fingerprint density at radius 3 is 2.22 bits per heavy atom. The molecule has 0 bridgehead atoms. The van der Waals surface area contributed by atoms with Gasteiger partial charge in [-0.1, -0.05) is 6.92 Å². The third-order valence-corrected chi connectivity index (χ3v) is 3.02. The highest BCUT2D eigenvalue weighted by Crippen LogP contribution is 2.26. The average molecular weight is 261 g/mol. The van der Waals surface area contributed by atoms with Gasteiger partial charge in [-0.15, -0.1) is 0 Å². The molecule has 18 heavy (non-hydrogen) atoms. The fraction of sp³-hybridized carbons (Fsp3) is 0.538. The molecule has 0 aliphatic carbocycles. The van der Waals surface area contributed by atoms with Gasteiger partial charge in [-0.3, -0.25) is 0 Å². The van der Waals surface area contributed by atoms with Crippen LogP contribution in [0.5, 0.6) is 0 Å². The number of halogens is 3. The van der Waals surface area contributed by atoms with E-state index in [0.717, 1.165) is 18.6 Å². The molecule has 1 rings (SSSR count). The summed E-state index contributed by atoms with van der Waals surface area (Å²) >= 11 is 0. The van der Waals surface area contributed by atoms with E-state index in [2.05, 4.69) is 5.32 Å². The lowest BCUT2D eigenvalue weighted by atomic mass is 9.92. The Bertz CT molecular complexity index is 375. The van der Waals surface area contributed by atoms with Crippen molar-refractivity contribution < 1.29 is 17.9 Å². The van der Waals surface area contributed by atoms with Gasteiger partial charge in [0, 0.05) is 19.8 Å². The number of hydrogen-bond acceptors (Lipinski definition) is 2. The van der Waals surface area contributed by atoms with Crippen LogP contribution < -0.4 is 5.32 Å². The van der Waals surface area contributed by atoms with Crippen molar-refractivity contribution in [1.29, 1.82) is 0 Å². The summed E-state index contributed by atoms with van der Waals surface area (Å²) in [6.45, 7) is 2.50. The summed E-state index contributed by atoms with van der Waals surface area (Å²) in [7, 11) is 3.30. The van der Waals surface area contributed by atoms with Gasteiger partial charge in [0.2, 0.25) is 0 Å². The van der Waals surface area contributed by atoms with Crippen LogP contribution in [0.4, 0.5) is 13.2 Å². The second-order valence-electron chi connectivity index (χ2n) is 4.32. The Balaban J connectivity index is 2.94. The van der Waals surface area contributed by atoms with E-state index >= 15 is 0 Å². The molecule has 1 N–H and O–H groups in total. The topological polar surface area (TPSA) is 21.3 Å². The van der Waals surface area contributed by atoms with Crippen LogP contribution in [-0.4, -0.2) is 20.8 Å². The van der Waals surface area contributed by atoms with Crippen LogP contribution in [0.1, 0.15) is 24.9 Å². The Morgan fingerprint density at radius 1 is 1.22 bits per heavy atom. The normalized spacial score (nSPS) is 14.6. The van der Waals surface area contributed by atoms with Crippen molar-refractivity contribution in [3.05, 3.63) is 35.1 Å². The van der Waals surface area contributed by atoms with Crippen molar-refractivity contribution in [3.63, 3.8) is 0 Å². The monoisotopic (exact) mass is 261 g/mol. The molecule has 0 fully saturated rings. The van der Waals surface area contributed by atoms with Crippen molar-refractivity contribution in [2.45, 2.75) is 19.4 Å². The summed E-state index contributed by atoms with van der Waals surface area (Å²) in [5, 5.41) is 2.99. The predicted octanol–water partition coefficient (Wildman–Crippen LogP) is 3.04. The van der Waals surface area contributed by atoms with Gasteiger partial charge in [-0.2, -0.15) is 0 Å². The number of benzene rings is 1. The number of nitrogens with one attached hydrogen (secondary N) is 1. The molecule has 0 saturated heterocycles. The molecular formula is C13H18F3NO. The molecule has 0 spiro atoms. The largest absolute Gasteiger partial charge is 0.385 e. The van der Waals surface area contributed by atoms with Crippen LogP contribution in [0, 0.1) is 23.4 Å². The lowest BCUT2D eigenvalue weighted by molar-refractivity contribution is 0.171. The molecule has 1 aromatic rings. The first-order valence-electron chi connectivity index (χ1n) is 5.81. The van der Waals surface area contributed by atoms with Crippen molar-refractivity contribution in [2.75, 3.05) is 20.8 Å². The number of methoxy groups -OCH3 is 1. The van der Waals surface area contributed by atoms with Crippen LogP contribution in [-0.2, 0) is 4.74 Å². The fourth-order valence-corrected chi connectivity index (χ4v) is 2.00. The van der Waals surface area contributed by atoms with Gasteiger partial charge < -0.3 is 10.1 Å². The van der Waals surface area contributed by atoms with E-state index in [4.69, 9.17) is 4.74 Å².